The predicted octanol–water partition coefficient (Wildman–Crippen LogP) is 22.7. The van der Waals surface area contributed by atoms with Gasteiger partial charge in [-0.15, -0.1) is 0 Å². The van der Waals surface area contributed by atoms with Gasteiger partial charge >= 0.3 is 0 Å². The van der Waals surface area contributed by atoms with Gasteiger partial charge in [0.15, 0.2) is 6.29 Å². The molecule has 0 bridgehead atoms. The summed E-state index contributed by atoms with van der Waals surface area (Å²) in [5.74, 6) is -0.684. The van der Waals surface area contributed by atoms with E-state index in [1.54, 1.807) is 0 Å². The van der Waals surface area contributed by atoms with Crippen LogP contribution in [0.15, 0.2) is 0 Å². The first-order valence-corrected chi connectivity index (χ1v) is 42.9. The number of hydrogen-bond donors (Lipinski definition) is 8. The molecule has 0 spiro atoms. The number of aliphatic hydroxyl groups is 7. The van der Waals surface area contributed by atoms with Crippen molar-refractivity contribution >= 4 is 5.91 Å². The Bertz CT molecular complexity index is 1510. The topological polar surface area (TPSA) is 189 Å². The Labute approximate surface area is 590 Å². The number of ether oxygens (including phenoxy) is 2. The third-order valence-electron chi connectivity index (χ3n) is 21.4. The second-order valence-corrected chi connectivity index (χ2v) is 30.6. The molecule has 95 heavy (non-hydrogen) atoms. The monoisotopic (exact) mass is 1350 g/mol. The highest BCUT2D eigenvalue weighted by atomic mass is 16.7. The number of aliphatic hydroxyl groups excluding tert-OH is 7. The Kier molecular flexibility index (Phi) is 70.7. The molecule has 1 aliphatic rings. The fourth-order valence-electron chi connectivity index (χ4n) is 14.6. The van der Waals surface area contributed by atoms with E-state index in [2.05, 4.69) is 19.2 Å². The smallest absolute Gasteiger partial charge is 0.249 e. The Hall–Kier alpha value is -0.890. The lowest BCUT2D eigenvalue weighted by Crippen LogP contribution is -2.60. The highest BCUT2D eigenvalue weighted by Gasteiger charge is 2.44. The van der Waals surface area contributed by atoms with E-state index in [-0.39, 0.29) is 6.42 Å². The van der Waals surface area contributed by atoms with Gasteiger partial charge < -0.3 is 50.5 Å². The lowest BCUT2D eigenvalue weighted by molar-refractivity contribution is -0.303. The molecule has 1 heterocycles. The van der Waals surface area contributed by atoms with Gasteiger partial charge in [0.05, 0.1) is 25.4 Å². The van der Waals surface area contributed by atoms with Crippen molar-refractivity contribution < 1.29 is 50.0 Å². The van der Waals surface area contributed by atoms with E-state index in [0.29, 0.717) is 19.3 Å². The van der Waals surface area contributed by atoms with Gasteiger partial charge in [-0.2, -0.15) is 0 Å². The quantitative estimate of drug-likeness (QED) is 0.0272. The normalized spacial score (nSPS) is 18.0. The molecule has 9 atom stereocenters. The Balaban J connectivity index is 2.08. The number of rotatable bonds is 78. The molecule has 0 aliphatic carbocycles. The van der Waals surface area contributed by atoms with Crippen LogP contribution in [0.5, 0.6) is 0 Å². The second-order valence-electron chi connectivity index (χ2n) is 30.6. The summed E-state index contributed by atoms with van der Waals surface area (Å²) in [6.07, 6.45) is 81.0. The lowest BCUT2D eigenvalue weighted by atomic mass is 9.98. The first kappa shape index (κ1) is 92.1. The SMILES string of the molecule is CCCCCCCCCCCCCCCCCCCCCCCCCCCCCCCCCCCCCCC(O)C(=O)NC(COC1OC(CO)C(O)C(O)C1O)C(O)C(O)CCCCCCCCCCCCCCCCCCCCCCCCCCCCCCCCCC. The van der Waals surface area contributed by atoms with Crippen LogP contribution >= 0.6 is 0 Å². The van der Waals surface area contributed by atoms with Gasteiger partial charge in [-0.25, -0.2) is 0 Å². The molecule has 0 aromatic rings. The molecule has 0 saturated carbocycles. The first-order chi connectivity index (χ1) is 46.7. The molecule has 1 aliphatic heterocycles. The molecular formula is C84H167NO10. The molecule has 9 unspecified atom stereocenters. The number of amides is 1. The maximum absolute atomic E-state index is 13.3. The van der Waals surface area contributed by atoms with Gasteiger partial charge in [-0.1, -0.05) is 450 Å². The summed E-state index contributed by atoms with van der Waals surface area (Å²) in [5.41, 5.74) is 0. The molecule has 1 amide bonds. The van der Waals surface area contributed by atoms with Crippen molar-refractivity contribution in [3.8, 4) is 0 Å². The zero-order valence-corrected chi connectivity index (χ0v) is 63.5. The molecule has 11 nitrogen and oxygen atoms in total. The molecule has 0 aromatic heterocycles. The summed E-state index contributed by atoms with van der Waals surface area (Å²) in [5, 5.41) is 76.9. The summed E-state index contributed by atoms with van der Waals surface area (Å²) in [4.78, 5) is 13.3. The van der Waals surface area contributed by atoms with Crippen LogP contribution in [0.2, 0.25) is 0 Å². The van der Waals surface area contributed by atoms with Crippen molar-refractivity contribution in [3.63, 3.8) is 0 Å². The lowest BCUT2D eigenvalue weighted by Gasteiger charge is -2.40. The fraction of sp³-hybridized carbons (Fsp3) is 0.988. The average molecular weight is 1350 g/mol. The van der Waals surface area contributed by atoms with Gasteiger partial charge in [0.25, 0.3) is 0 Å². The van der Waals surface area contributed by atoms with E-state index < -0.39 is 74.2 Å². The minimum atomic E-state index is -1.66. The van der Waals surface area contributed by atoms with E-state index >= 15 is 0 Å². The standard InChI is InChI=1S/C84H167NO10/c1-3-5-7-9-11-13-15-17-19-21-23-25-27-29-31-33-35-37-38-39-40-42-44-46-48-50-52-54-56-58-60-62-64-66-68-70-72-77(88)83(93)85-75(74-94-84-82(92)81(91)80(90)78(73-86)95-84)79(89)76(87)71-69-67-65-63-61-59-57-55-53-51-49-47-45-43-41-36-34-32-30-28-26-24-22-20-18-16-14-12-10-8-6-4-2/h75-82,84,86-92H,3-74H2,1-2H3,(H,85,93). The minimum Gasteiger partial charge on any atom is -0.394 e. The predicted molar refractivity (Wildman–Crippen MR) is 404 cm³/mol. The third kappa shape index (κ3) is 59.4. The molecule has 1 rings (SSSR count). The van der Waals surface area contributed by atoms with Crippen LogP contribution in [-0.2, 0) is 14.3 Å². The van der Waals surface area contributed by atoms with Crippen molar-refractivity contribution in [2.45, 2.75) is 518 Å². The molecule has 0 radical (unpaired) electrons. The van der Waals surface area contributed by atoms with E-state index in [0.717, 1.165) is 38.5 Å². The van der Waals surface area contributed by atoms with E-state index in [1.807, 2.05) is 0 Å². The molecule has 1 saturated heterocycles. The Morgan fingerprint density at radius 2 is 0.547 bits per heavy atom. The highest BCUT2D eigenvalue weighted by Crippen LogP contribution is 2.25. The number of carbonyl (C=O) groups is 1. The van der Waals surface area contributed by atoms with Crippen molar-refractivity contribution in [2.75, 3.05) is 13.2 Å². The van der Waals surface area contributed by atoms with Gasteiger partial charge in [-0.05, 0) is 12.8 Å². The largest absolute Gasteiger partial charge is 0.394 e. The number of unbranched alkanes of at least 4 members (excludes halogenated alkanes) is 66. The minimum absolute atomic E-state index is 0.268. The summed E-state index contributed by atoms with van der Waals surface area (Å²) < 4.78 is 11.2. The van der Waals surface area contributed by atoms with Gasteiger partial charge in [0, 0.05) is 0 Å². The van der Waals surface area contributed by atoms with Crippen molar-refractivity contribution in [1.29, 1.82) is 0 Å². The summed E-state index contributed by atoms with van der Waals surface area (Å²) in [7, 11) is 0. The number of nitrogens with one attached hydrogen (secondary N) is 1. The van der Waals surface area contributed by atoms with Crippen molar-refractivity contribution in [2.24, 2.45) is 0 Å². The van der Waals surface area contributed by atoms with E-state index in [9.17, 15) is 40.5 Å². The van der Waals surface area contributed by atoms with Crippen LogP contribution < -0.4 is 5.32 Å². The molecule has 11 heteroatoms. The molecular weight excluding hydrogens is 1180 g/mol. The maximum Gasteiger partial charge on any atom is 0.249 e. The third-order valence-corrected chi connectivity index (χ3v) is 21.4. The summed E-state index contributed by atoms with van der Waals surface area (Å²) >= 11 is 0. The van der Waals surface area contributed by atoms with Gasteiger partial charge in [0.1, 0.15) is 36.6 Å². The molecule has 568 valence electrons. The average Bonchev–Trinajstić information content (AvgIpc) is 0.832. The Morgan fingerprint density at radius 1 is 0.326 bits per heavy atom. The zero-order chi connectivity index (χ0) is 68.8. The Morgan fingerprint density at radius 3 is 0.779 bits per heavy atom. The van der Waals surface area contributed by atoms with Gasteiger partial charge in [0.2, 0.25) is 5.91 Å². The molecule has 0 aromatic carbocycles. The zero-order valence-electron chi connectivity index (χ0n) is 63.5. The van der Waals surface area contributed by atoms with Crippen LogP contribution in [-0.4, -0.2) is 110 Å². The number of hydrogen-bond acceptors (Lipinski definition) is 10. The maximum atomic E-state index is 13.3. The fourth-order valence-corrected chi connectivity index (χ4v) is 14.6. The van der Waals surface area contributed by atoms with Crippen LogP contribution in [0, 0.1) is 0 Å². The summed E-state index contributed by atoms with van der Waals surface area (Å²) in [6, 6.07) is -1.17. The molecule has 8 N–H and O–H groups in total. The summed E-state index contributed by atoms with van der Waals surface area (Å²) in [6.45, 7) is 3.55. The van der Waals surface area contributed by atoms with Crippen LogP contribution in [0.4, 0.5) is 0 Å². The van der Waals surface area contributed by atoms with Crippen molar-refractivity contribution in [3.05, 3.63) is 0 Å². The first-order valence-electron chi connectivity index (χ1n) is 42.9. The van der Waals surface area contributed by atoms with E-state index in [1.165, 1.54) is 385 Å². The van der Waals surface area contributed by atoms with Crippen LogP contribution in [0.3, 0.4) is 0 Å². The number of carbonyl (C=O) groups excluding carboxylic acids is 1. The highest BCUT2D eigenvalue weighted by molar-refractivity contribution is 5.80. The van der Waals surface area contributed by atoms with Crippen LogP contribution in [0.25, 0.3) is 0 Å². The molecule has 1 fully saturated rings. The van der Waals surface area contributed by atoms with E-state index in [4.69, 9.17) is 9.47 Å². The van der Waals surface area contributed by atoms with Gasteiger partial charge in [-0.3, -0.25) is 4.79 Å². The second kappa shape index (κ2) is 72.9. The van der Waals surface area contributed by atoms with Crippen molar-refractivity contribution in [1.82, 2.24) is 5.32 Å². The van der Waals surface area contributed by atoms with Crippen LogP contribution in [0.1, 0.15) is 463 Å².